The lowest BCUT2D eigenvalue weighted by atomic mass is 10.1. The predicted octanol–water partition coefficient (Wildman–Crippen LogP) is 2.82. The Labute approximate surface area is 172 Å². The van der Waals surface area contributed by atoms with E-state index in [-0.39, 0.29) is 10.9 Å². The third-order valence-corrected chi connectivity index (χ3v) is 7.41. The zero-order chi connectivity index (χ0) is 20.4. The number of amidine groups is 1. The maximum absolute atomic E-state index is 12.7. The first kappa shape index (κ1) is 19.9. The molecule has 29 heavy (non-hydrogen) atoms. The first-order valence-corrected chi connectivity index (χ1v) is 11.8. The monoisotopic (exact) mass is 416 g/mol. The molecule has 0 atom stereocenters. The van der Waals surface area contributed by atoms with Gasteiger partial charge in [-0.05, 0) is 31.7 Å². The van der Waals surface area contributed by atoms with Crippen LogP contribution in [-0.4, -0.2) is 62.3 Å². The van der Waals surface area contributed by atoms with E-state index in [1.165, 1.54) is 12.8 Å². The molecular weight excluding hydrogens is 388 g/mol. The van der Waals surface area contributed by atoms with Crippen LogP contribution in [0.5, 0.6) is 0 Å². The van der Waals surface area contributed by atoms with Crippen molar-refractivity contribution in [3.63, 3.8) is 0 Å². The van der Waals surface area contributed by atoms with Crippen molar-refractivity contribution >= 4 is 26.8 Å². The summed E-state index contributed by atoms with van der Waals surface area (Å²) in [6, 6.07) is 9.41. The van der Waals surface area contributed by atoms with Crippen molar-refractivity contribution in [3.05, 3.63) is 41.5 Å². The molecule has 1 N–H and O–H groups in total. The van der Waals surface area contributed by atoms with Crippen LogP contribution in [0.15, 0.2) is 40.3 Å². The van der Waals surface area contributed by atoms with Gasteiger partial charge >= 0.3 is 6.03 Å². The highest BCUT2D eigenvalue weighted by atomic mass is 32.2. The predicted molar refractivity (Wildman–Crippen MR) is 114 cm³/mol. The minimum atomic E-state index is -3.71. The third-order valence-electron chi connectivity index (χ3n) is 5.94. The molecule has 3 aliphatic rings. The molecule has 156 valence electrons. The van der Waals surface area contributed by atoms with Gasteiger partial charge in [0.1, 0.15) is 10.7 Å². The number of hydrogen-bond acceptors (Lipinski definition) is 4. The Morgan fingerprint density at radius 2 is 1.76 bits per heavy atom. The number of nitrogens with zero attached hydrogens (tertiary/aromatic N) is 3. The molecule has 1 saturated heterocycles. The summed E-state index contributed by atoms with van der Waals surface area (Å²) in [6.07, 6.45) is 5.27. The van der Waals surface area contributed by atoms with Gasteiger partial charge in [0.2, 0.25) is 0 Å². The third kappa shape index (κ3) is 4.17. The summed E-state index contributed by atoms with van der Waals surface area (Å²) in [6.45, 7) is 4.31. The fourth-order valence-corrected chi connectivity index (χ4v) is 5.92. The van der Waals surface area contributed by atoms with Gasteiger partial charge < -0.3 is 15.1 Å². The highest BCUT2D eigenvalue weighted by molar-refractivity contribution is 8.00. The fourth-order valence-electron chi connectivity index (χ4n) is 4.44. The summed E-state index contributed by atoms with van der Waals surface area (Å²) in [5, 5.41) is 3.14. The second kappa shape index (κ2) is 8.18. The van der Waals surface area contributed by atoms with Gasteiger partial charge in [-0.15, -0.1) is 4.40 Å². The van der Waals surface area contributed by atoms with Crippen molar-refractivity contribution in [2.45, 2.75) is 45.1 Å². The Morgan fingerprint density at radius 1 is 1.03 bits per heavy atom. The lowest BCUT2D eigenvalue weighted by molar-refractivity contribution is 0.196. The molecule has 2 heterocycles. The molecule has 2 amide bonds. The molecule has 8 heteroatoms. The van der Waals surface area contributed by atoms with Crippen LogP contribution >= 0.6 is 0 Å². The van der Waals surface area contributed by atoms with E-state index in [4.69, 9.17) is 0 Å². The van der Waals surface area contributed by atoms with E-state index in [0.29, 0.717) is 49.2 Å². The van der Waals surface area contributed by atoms with Crippen LogP contribution in [0.4, 0.5) is 4.79 Å². The lowest BCUT2D eigenvalue weighted by Gasteiger charge is -2.25. The van der Waals surface area contributed by atoms with Gasteiger partial charge in [-0.3, -0.25) is 0 Å². The zero-order valence-corrected chi connectivity index (χ0v) is 17.6. The first-order valence-electron chi connectivity index (χ1n) is 10.4. The molecule has 0 unspecified atom stereocenters. The van der Waals surface area contributed by atoms with Gasteiger partial charge in [-0.25, -0.2) is 4.79 Å². The number of hydrogen-bond donors (Lipinski definition) is 1. The standard InChI is InChI=1S/C21H28N4O3S/c1-16-19(17-8-3-2-4-9-17)29(27,28)23-20(16)24-12-7-13-25(15-14-24)21(26)22-18-10-5-6-11-18/h2-4,8-9,18H,5-7,10-15H2,1H3,(H,22,26). The van der Waals surface area contributed by atoms with Gasteiger partial charge in [0.15, 0.2) is 0 Å². The second-order valence-electron chi connectivity index (χ2n) is 7.97. The SMILES string of the molecule is CC1=C(c2ccccc2)S(=O)(=O)N=C1N1CCCN(C(=O)NC2CCCC2)CC1. The molecule has 1 aromatic carbocycles. The maximum Gasteiger partial charge on any atom is 0.317 e. The van der Waals surface area contributed by atoms with Crippen LogP contribution in [0.1, 0.15) is 44.6 Å². The molecule has 2 aliphatic heterocycles. The van der Waals surface area contributed by atoms with Gasteiger partial charge in [-0.1, -0.05) is 43.2 Å². The normalized spacial score (nSPS) is 22.6. The molecule has 7 nitrogen and oxygen atoms in total. The summed E-state index contributed by atoms with van der Waals surface area (Å²) in [5.74, 6) is 0.516. The van der Waals surface area contributed by atoms with E-state index in [0.717, 1.165) is 19.3 Å². The van der Waals surface area contributed by atoms with E-state index in [9.17, 15) is 13.2 Å². The number of urea groups is 1. The summed E-state index contributed by atoms with van der Waals surface area (Å²) < 4.78 is 29.6. The quantitative estimate of drug-likeness (QED) is 0.804. The summed E-state index contributed by atoms with van der Waals surface area (Å²) >= 11 is 0. The molecule has 1 saturated carbocycles. The number of benzene rings is 1. The largest absolute Gasteiger partial charge is 0.354 e. The van der Waals surface area contributed by atoms with E-state index in [2.05, 4.69) is 9.71 Å². The molecule has 0 spiro atoms. The minimum absolute atomic E-state index is 0.00280. The Morgan fingerprint density at radius 3 is 2.48 bits per heavy atom. The Balaban J connectivity index is 1.48. The zero-order valence-electron chi connectivity index (χ0n) is 16.8. The van der Waals surface area contributed by atoms with Gasteiger partial charge in [-0.2, -0.15) is 8.42 Å². The number of amides is 2. The van der Waals surface area contributed by atoms with Gasteiger partial charge in [0, 0.05) is 37.8 Å². The summed E-state index contributed by atoms with van der Waals surface area (Å²) in [5.41, 5.74) is 1.34. The molecule has 4 rings (SSSR count). The van der Waals surface area contributed by atoms with Gasteiger partial charge in [0.25, 0.3) is 10.0 Å². The highest BCUT2D eigenvalue weighted by Gasteiger charge is 2.34. The molecule has 1 aliphatic carbocycles. The number of nitrogens with one attached hydrogen (secondary N) is 1. The summed E-state index contributed by atoms with van der Waals surface area (Å²) in [4.78, 5) is 16.7. The fraction of sp³-hybridized carbons (Fsp3) is 0.524. The van der Waals surface area contributed by atoms with Crippen molar-refractivity contribution in [3.8, 4) is 0 Å². The van der Waals surface area contributed by atoms with E-state index in [1.807, 2.05) is 34.9 Å². The number of carbonyl (C=O) groups is 1. The Kier molecular flexibility index (Phi) is 5.63. The van der Waals surface area contributed by atoms with E-state index < -0.39 is 10.0 Å². The van der Waals surface area contributed by atoms with Crippen LogP contribution < -0.4 is 5.32 Å². The van der Waals surface area contributed by atoms with Crippen LogP contribution in [0, 0.1) is 0 Å². The second-order valence-corrected chi connectivity index (χ2v) is 9.51. The Bertz CT molecular complexity index is 934. The molecule has 0 bridgehead atoms. The number of sulfonamides is 1. The molecule has 0 radical (unpaired) electrons. The van der Waals surface area contributed by atoms with E-state index >= 15 is 0 Å². The molecule has 0 aromatic heterocycles. The molecular formula is C21H28N4O3S. The smallest absolute Gasteiger partial charge is 0.317 e. The highest BCUT2D eigenvalue weighted by Crippen LogP contribution is 2.33. The average molecular weight is 417 g/mol. The van der Waals surface area contributed by atoms with E-state index in [1.54, 1.807) is 12.1 Å². The minimum Gasteiger partial charge on any atom is -0.354 e. The van der Waals surface area contributed by atoms with Crippen molar-refractivity contribution in [1.82, 2.24) is 15.1 Å². The number of rotatable bonds is 2. The lowest BCUT2D eigenvalue weighted by Crippen LogP contribution is -2.45. The van der Waals surface area contributed by atoms with Gasteiger partial charge in [0.05, 0.1) is 0 Å². The Hall–Kier alpha value is -2.35. The average Bonchev–Trinajstić information content (AvgIpc) is 3.19. The van der Waals surface area contributed by atoms with Crippen LogP contribution in [0.3, 0.4) is 0 Å². The molecule has 2 fully saturated rings. The van der Waals surface area contributed by atoms with Crippen molar-refractivity contribution < 1.29 is 13.2 Å². The van der Waals surface area contributed by atoms with Crippen LogP contribution in [0.25, 0.3) is 4.91 Å². The van der Waals surface area contributed by atoms with Crippen molar-refractivity contribution in [2.75, 3.05) is 26.2 Å². The topological polar surface area (TPSA) is 82.1 Å². The summed E-state index contributed by atoms with van der Waals surface area (Å²) in [7, 11) is -3.71. The van der Waals surface area contributed by atoms with Crippen LogP contribution in [0.2, 0.25) is 0 Å². The molecule has 1 aromatic rings. The maximum atomic E-state index is 12.7. The van der Waals surface area contributed by atoms with Crippen molar-refractivity contribution in [2.24, 2.45) is 4.40 Å². The van der Waals surface area contributed by atoms with Crippen molar-refractivity contribution in [1.29, 1.82) is 0 Å². The number of carbonyl (C=O) groups excluding carboxylic acids is 1. The first-order chi connectivity index (χ1) is 14.0. The van der Waals surface area contributed by atoms with Crippen LogP contribution in [-0.2, 0) is 10.0 Å².